The van der Waals surface area contributed by atoms with Gasteiger partial charge < -0.3 is 5.32 Å². The van der Waals surface area contributed by atoms with Crippen molar-refractivity contribution in [3.8, 4) is 11.3 Å². The van der Waals surface area contributed by atoms with Crippen LogP contribution in [-0.2, 0) is 27.1 Å². The number of hydrogen-bond acceptors (Lipinski definition) is 6. The molecule has 0 amide bonds. The first kappa shape index (κ1) is 24.0. The molecule has 1 heterocycles. The van der Waals surface area contributed by atoms with E-state index in [1.807, 2.05) is 36.4 Å². The Balaban J connectivity index is 1.42. The fourth-order valence-electron chi connectivity index (χ4n) is 4.51. The molecular weight excluding hydrogens is 484 g/mol. The van der Waals surface area contributed by atoms with Crippen LogP contribution in [0.5, 0.6) is 0 Å². The summed E-state index contributed by atoms with van der Waals surface area (Å²) in [4.78, 5) is 9.18. The molecule has 0 spiro atoms. The van der Waals surface area contributed by atoms with E-state index in [2.05, 4.69) is 10.3 Å². The van der Waals surface area contributed by atoms with E-state index in [9.17, 15) is 17.2 Å². The second-order valence-corrected chi connectivity index (χ2v) is 10.3. The van der Waals surface area contributed by atoms with E-state index in [1.54, 1.807) is 24.4 Å². The summed E-state index contributed by atoms with van der Waals surface area (Å²) >= 11 is 0. The molecule has 3 aromatic carbocycles. The van der Waals surface area contributed by atoms with Gasteiger partial charge in [0.2, 0.25) is 5.95 Å². The molecule has 1 atom stereocenters. The maximum atomic E-state index is 14.6. The van der Waals surface area contributed by atoms with Crippen molar-refractivity contribution in [2.45, 2.75) is 18.8 Å². The number of nitrogens with zero attached hydrogens (tertiary/aromatic N) is 2. The summed E-state index contributed by atoms with van der Waals surface area (Å²) in [5.41, 5.74) is 5.07. The number of benzene rings is 3. The van der Waals surface area contributed by atoms with Crippen molar-refractivity contribution in [2.24, 2.45) is 0 Å². The van der Waals surface area contributed by atoms with E-state index in [-0.39, 0.29) is 24.8 Å². The van der Waals surface area contributed by atoms with E-state index in [4.69, 9.17) is 9.17 Å². The zero-order valence-corrected chi connectivity index (χ0v) is 20.2. The third-order valence-electron chi connectivity index (χ3n) is 6.13. The molecule has 0 radical (unpaired) electrons. The quantitative estimate of drug-likeness (QED) is 0.339. The van der Waals surface area contributed by atoms with Gasteiger partial charge in [-0.1, -0.05) is 42.5 Å². The van der Waals surface area contributed by atoms with Crippen LogP contribution in [0.3, 0.4) is 0 Å². The number of halogens is 2. The van der Waals surface area contributed by atoms with E-state index in [1.165, 1.54) is 12.1 Å². The third kappa shape index (κ3) is 5.12. The first-order valence-electron chi connectivity index (χ1n) is 11.4. The molecule has 0 fully saturated rings. The van der Waals surface area contributed by atoms with Crippen LogP contribution < -0.4 is 5.32 Å². The highest BCUT2D eigenvalue weighted by Gasteiger charge is 2.29. The molecule has 1 unspecified atom stereocenters. The zero-order valence-electron chi connectivity index (χ0n) is 19.4. The minimum absolute atomic E-state index is 0.0876. The van der Waals surface area contributed by atoms with Crippen LogP contribution in [0.2, 0.25) is 0 Å². The smallest absolute Gasteiger partial charge is 0.264 e. The number of hydrogen-bond donors (Lipinski definition) is 1. The molecule has 6 nitrogen and oxygen atoms in total. The molecule has 184 valence electrons. The molecule has 4 aromatic rings. The molecule has 9 heteroatoms. The molecular formula is C27H23F2N3O3S. The molecule has 1 aliphatic carbocycles. The van der Waals surface area contributed by atoms with Gasteiger partial charge in [-0.2, -0.15) is 8.42 Å². The van der Waals surface area contributed by atoms with Gasteiger partial charge in [0.15, 0.2) is 0 Å². The van der Waals surface area contributed by atoms with Crippen molar-refractivity contribution in [3.63, 3.8) is 0 Å². The Labute approximate surface area is 208 Å². The molecule has 1 aliphatic rings. The fourth-order valence-corrected chi connectivity index (χ4v) is 4.89. The summed E-state index contributed by atoms with van der Waals surface area (Å²) in [6.07, 6.45) is 3.34. The van der Waals surface area contributed by atoms with Crippen molar-refractivity contribution in [2.75, 3.05) is 18.2 Å². The number of anilines is 2. The van der Waals surface area contributed by atoms with Crippen molar-refractivity contribution in [1.29, 1.82) is 0 Å². The SMILES string of the molecule is CS(=O)(=O)OCCc1cc(Nc2ncc3c(n2)-c2ccccc2C(c2ccccc2F)C3)ccc1F. The Kier molecular flexibility index (Phi) is 6.51. The lowest BCUT2D eigenvalue weighted by atomic mass is 9.78. The summed E-state index contributed by atoms with van der Waals surface area (Å²) in [5, 5.41) is 3.10. The van der Waals surface area contributed by atoms with Gasteiger partial charge in [0, 0.05) is 29.8 Å². The van der Waals surface area contributed by atoms with Gasteiger partial charge in [-0.3, -0.25) is 4.18 Å². The van der Waals surface area contributed by atoms with Crippen LogP contribution in [0.15, 0.2) is 72.9 Å². The normalized spacial score (nSPS) is 14.7. The maximum Gasteiger partial charge on any atom is 0.264 e. The summed E-state index contributed by atoms with van der Waals surface area (Å²) in [5.74, 6) is -0.518. The van der Waals surface area contributed by atoms with E-state index < -0.39 is 15.9 Å². The molecule has 5 rings (SSSR count). The van der Waals surface area contributed by atoms with E-state index in [0.717, 1.165) is 28.6 Å². The van der Waals surface area contributed by atoms with E-state index >= 15 is 0 Å². The highest BCUT2D eigenvalue weighted by atomic mass is 32.2. The molecule has 0 bridgehead atoms. The van der Waals surface area contributed by atoms with Crippen LogP contribution in [0.25, 0.3) is 11.3 Å². The molecule has 0 aliphatic heterocycles. The van der Waals surface area contributed by atoms with Crippen molar-refractivity contribution in [3.05, 3.63) is 107 Å². The Bertz CT molecular complexity index is 1540. The summed E-state index contributed by atoms with van der Waals surface area (Å²) in [6.45, 7) is -0.158. The Morgan fingerprint density at radius 1 is 1.00 bits per heavy atom. The average Bonchev–Trinajstić information content (AvgIpc) is 2.85. The first-order valence-corrected chi connectivity index (χ1v) is 13.2. The summed E-state index contributed by atoms with van der Waals surface area (Å²) < 4.78 is 55.9. The van der Waals surface area contributed by atoms with Gasteiger partial charge in [0.25, 0.3) is 10.1 Å². The molecule has 36 heavy (non-hydrogen) atoms. The minimum atomic E-state index is -3.60. The summed E-state index contributed by atoms with van der Waals surface area (Å²) in [6, 6.07) is 19.1. The third-order valence-corrected chi connectivity index (χ3v) is 6.73. The van der Waals surface area contributed by atoms with Gasteiger partial charge in [-0.15, -0.1) is 0 Å². The lowest BCUT2D eigenvalue weighted by Crippen LogP contribution is -2.16. The molecule has 0 saturated heterocycles. The number of rotatable bonds is 7. The van der Waals surface area contributed by atoms with Crippen molar-refractivity contribution in [1.82, 2.24) is 9.97 Å². The second-order valence-electron chi connectivity index (χ2n) is 8.64. The standard InChI is InChI=1S/C27H23F2N3O3S/c1-36(33,34)35-13-12-17-14-19(10-11-24(17)28)31-27-30-16-18-15-23(21-7-4-5-9-25(21)29)20-6-2-3-8-22(20)26(18)32-27/h2-11,14,16,23H,12-13,15H2,1H3,(H,30,31,32). The fraction of sp³-hybridized carbons (Fsp3) is 0.185. The zero-order chi connectivity index (χ0) is 25.3. The molecule has 1 N–H and O–H groups in total. The predicted octanol–water partition coefficient (Wildman–Crippen LogP) is 5.37. The van der Waals surface area contributed by atoms with Crippen molar-refractivity contribution >= 4 is 21.8 Å². The average molecular weight is 508 g/mol. The Morgan fingerprint density at radius 2 is 1.75 bits per heavy atom. The van der Waals surface area contributed by atoms with Gasteiger partial charge in [0.05, 0.1) is 18.6 Å². The van der Waals surface area contributed by atoms with Gasteiger partial charge in [-0.05, 0) is 52.9 Å². The number of aromatic nitrogens is 2. The molecule has 1 aromatic heterocycles. The minimum Gasteiger partial charge on any atom is -0.324 e. The number of fused-ring (bicyclic) bond motifs is 3. The van der Waals surface area contributed by atoms with Crippen molar-refractivity contribution < 1.29 is 21.4 Å². The van der Waals surface area contributed by atoms with Gasteiger partial charge >= 0.3 is 0 Å². The highest BCUT2D eigenvalue weighted by Crippen LogP contribution is 2.42. The molecule has 0 saturated carbocycles. The van der Waals surface area contributed by atoms with Crippen LogP contribution in [-0.4, -0.2) is 31.2 Å². The Morgan fingerprint density at radius 3 is 2.53 bits per heavy atom. The topological polar surface area (TPSA) is 81.2 Å². The van der Waals surface area contributed by atoms with Gasteiger partial charge in [-0.25, -0.2) is 18.7 Å². The van der Waals surface area contributed by atoms with Crippen LogP contribution >= 0.6 is 0 Å². The predicted molar refractivity (Wildman–Crippen MR) is 134 cm³/mol. The van der Waals surface area contributed by atoms with E-state index in [0.29, 0.717) is 29.2 Å². The Hall–Kier alpha value is -3.69. The number of nitrogens with one attached hydrogen (secondary N) is 1. The largest absolute Gasteiger partial charge is 0.324 e. The lowest BCUT2D eigenvalue weighted by molar-refractivity contribution is 0.324. The maximum absolute atomic E-state index is 14.6. The monoisotopic (exact) mass is 507 g/mol. The lowest BCUT2D eigenvalue weighted by Gasteiger charge is -2.27. The second kappa shape index (κ2) is 9.75. The van der Waals surface area contributed by atoms with Crippen LogP contribution in [0.4, 0.5) is 20.4 Å². The van der Waals surface area contributed by atoms with Crippen LogP contribution in [0, 0.1) is 11.6 Å². The summed E-state index contributed by atoms with van der Waals surface area (Å²) in [7, 11) is -3.60. The van der Waals surface area contributed by atoms with Crippen LogP contribution in [0.1, 0.15) is 28.2 Å². The highest BCUT2D eigenvalue weighted by molar-refractivity contribution is 7.85. The van der Waals surface area contributed by atoms with Gasteiger partial charge in [0.1, 0.15) is 11.6 Å². The first-order chi connectivity index (χ1) is 17.3.